The zero-order chi connectivity index (χ0) is 14.9. The summed E-state index contributed by atoms with van der Waals surface area (Å²) in [7, 11) is 0. The third-order valence-corrected chi connectivity index (χ3v) is 4.08. The van der Waals surface area contributed by atoms with Crippen molar-refractivity contribution in [2.75, 3.05) is 6.61 Å². The first-order valence-corrected chi connectivity index (χ1v) is 7.14. The number of rotatable bonds is 5. The van der Waals surface area contributed by atoms with Crippen LogP contribution >= 0.6 is 15.9 Å². The molecule has 1 aliphatic carbocycles. The highest BCUT2D eigenvalue weighted by Crippen LogP contribution is 2.39. The summed E-state index contributed by atoms with van der Waals surface area (Å²) >= 11 is 3.16. The molecule has 1 aromatic rings. The Balaban J connectivity index is 2.04. The van der Waals surface area contributed by atoms with E-state index < -0.39 is 5.97 Å². The van der Waals surface area contributed by atoms with Crippen LogP contribution in [0.3, 0.4) is 0 Å². The maximum absolute atomic E-state index is 12.1. The van der Waals surface area contributed by atoms with Crippen LogP contribution in [0.2, 0.25) is 0 Å². The molecule has 0 saturated heterocycles. The SMILES string of the molecule is CCO[C@@]1(C)C[C@H]1NC(=O)c1ccc(C(=O)O)c(Br)c1. The molecule has 108 valence electrons. The Kier molecular flexibility index (Phi) is 4.15. The third-order valence-electron chi connectivity index (χ3n) is 3.43. The van der Waals surface area contributed by atoms with Crippen molar-refractivity contribution in [2.45, 2.75) is 31.9 Å². The van der Waals surface area contributed by atoms with Crippen molar-refractivity contribution in [3.05, 3.63) is 33.8 Å². The molecule has 0 unspecified atom stereocenters. The number of ether oxygens (including phenoxy) is 1. The first kappa shape index (κ1) is 15.0. The smallest absolute Gasteiger partial charge is 0.336 e. The highest BCUT2D eigenvalue weighted by Gasteiger charge is 2.52. The number of carboxylic acid groups (broad SMARTS) is 1. The van der Waals surface area contributed by atoms with E-state index in [1.165, 1.54) is 18.2 Å². The zero-order valence-electron chi connectivity index (χ0n) is 11.3. The van der Waals surface area contributed by atoms with E-state index in [1.54, 1.807) is 0 Å². The Morgan fingerprint density at radius 2 is 2.25 bits per heavy atom. The van der Waals surface area contributed by atoms with Crippen molar-refractivity contribution >= 4 is 27.8 Å². The Morgan fingerprint density at radius 3 is 2.80 bits per heavy atom. The predicted octanol–water partition coefficient (Wildman–Crippen LogP) is 2.44. The van der Waals surface area contributed by atoms with Gasteiger partial charge < -0.3 is 15.2 Å². The fraction of sp³-hybridized carbons (Fsp3) is 0.429. The molecule has 2 atom stereocenters. The number of hydrogen-bond acceptors (Lipinski definition) is 3. The average molecular weight is 342 g/mol. The molecule has 0 spiro atoms. The van der Waals surface area contributed by atoms with Crippen LogP contribution < -0.4 is 5.32 Å². The molecule has 5 nitrogen and oxygen atoms in total. The maximum atomic E-state index is 12.1. The maximum Gasteiger partial charge on any atom is 0.336 e. The van der Waals surface area contributed by atoms with Crippen molar-refractivity contribution in [1.82, 2.24) is 5.32 Å². The largest absolute Gasteiger partial charge is 0.478 e. The molecule has 2 N–H and O–H groups in total. The molecule has 0 radical (unpaired) electrons. The number of carbonyl (C=O) groups is 2. The second-order valence-corrected chi connectivity index (χ2v) is 5.83. The monoisotopic (exact) mass is 341 g/mol. The summed E-state index contributed by atoms with van der Waals surface area (Å²) in [6.45, 7) is 4.50. The second-order valence-electron chi connectivity index (χ2n) is 4.98. The Hall–Kier alpha value is -1.40. The number of amides is 1. The number of carbonyl (C=O) groups excluding carboxylic acids is 1. The van der Waals surface area contributed by atoms with E-state index in [-0.39, 0.29) is 23.1 Å². The molecule has 0 bridgehead atoms. The predicted molar refractivity (Wildman–Crippen MR) is 77.0 cm³/mol. The van der Waals surface area contributed by atoms with Crippen LogP contribution in [0.4, 0.5) is 0 Å². The summed E-state index contributed by atoms with van der Waals surface area (Å²) in [5.41, 5.74) is 0.280. The van der Waals surface area contributed by atoms with Crippen molar-refractivity contribution < 1.29 is 19.4 Å². The summed E-state index contributed by atoms with van der Waals surface area (Å²) in [5, 5.41) is 11.8. The van der Waals surface area contributed by atoms with E-state index in [1.807, 2.05) is 13.8 Å². The standard InChI is InChI=1S/C14H16BrNO4/c1-3-20-14(2)7-11(14)16-12(17)8-4-5-9(13(18)19)10(15)6-8/h4-6,11H,3,7H2,1-2H3,(H,16,17)(H,18,19)/t11-,14+/m1/s1. The van der Waals surface area contributed by atoms with Gasteiger partial charge in [-0.05, 0) is 48.0 Å². The molecule has 1 fully saturated rings. The lowest BCUT2D eigenvalue weighted by molar-refractivity contribution is 0.0470. The van der Waals surface area contributed by atoms with Gasteiger partial charge >= 0.3 is 5.97 Å². The number of nitrogens with one attached hydrogen (secondary N) is 1. The van der Waals surface area contributed by atoms with Crippen LogP contribution in [0.25, 0.3) is 0 Å². The van der Waals surface area contributed by atoms with E-state index in [0.717, 1.165) is 6.42 Å². The molecule has 1 aliphatic rings. The lowest BCUT2D eigenvalue weighted by Gasteiger charge is -2.12. The van der Waals surface area contributed by atoms with E-state index in [9.17, 15) is 9.59 Å². The van der Waals surface area contributed by atoms with E-state index >= 15 is 0 Å². The minimum absolute atomic E-state index is 0.00729. The van der Waals surface area contributed by atoms with E-state index in [4.69, 9.17) is 9.84 Å². The summed E-state index contributed by atoms with van der Waals surface area (Å²) < 4.78 is 5.95. The summed E-state index contributed by atoms with van der Waals surface area (Å²) in [4.78, 5) is 23.0. The number of benzene rings is 1. The van der Waals surface area contributed by atoms with Gasteiger partial charge in [0, 0.05) is 23.1 Å². The quantitative estimate of drug-likeness (QED) is 0.862. The van der Waals surface area contributed by atoms with Gasteiger partial charge in [0.1, 0.15) is 0 Å². The number of aromatic carboxylic acids is 1. The summed E-state index contributed by atoms with van der Waals surface area (Å²) in [5.74, 6) is -1.26. The lowest BCUT2D eigenvalue weighted by atomic mass is 10.1. The summed E-state index contributed by atoms with van der Waals surface area (Å²) in [6, 6.07) is 4.44. The molecule has 0 aromatic heterocycles. The summed E-state index contributed by atoms with van der Waals surface area (Å²) in [6.07, 6.45) is 0.793. The van der Waals surface area contributed by atoms with Gasteiger partial charge in [0.05, 0.1) is 17.2 Å². The fourth-order valence-corrected chi connectivity index (χ4v) is 2.66. The van der Waals surface area contributed by atoms with Gasteiger partial charge in [-0.2, -0.15) is 0 Å². The Morgan fingerprint density at radius 1 is 1.55 bits per heavy atom. The fourth-order valence-electron chi connectivity index (χ4n) is 2.11. The molecule has 6 heteroatoms. The van der Waals surface area contributed by atoms with Gasteiger partial charge in [0.25, 0.3) is 5.91 Å². The molecule has 0 aliphatic heterocycles. The number of halogens is 1. The molecule has 2 rings (SSSR count). The Bertz CT molecular complexity index is 560. The highest BCUT2D eigenvalue weighted by atomic mass is 79.9. The van der Waals surface area contributed by atoms with Gasteiger partial charge in [-0.25, -0.2) is 4.79 Å². The number of carboxylic acids is 1. The van der Waals surface area contributed by atoms with Gasteiger partial charge in [-0.3, -0.25) is 4.79 Å². The van der Waals surface area contributed by atoms with Gasteiger partial charge in [0.15, 0.2) is 0 Å². The van der Waals surface area contributed by atoms with Crippen LogP contribution in [0.5, 0.6) is 0 Å². The van der Waals surface area contributed by atoms with Gasteiger partial charge in [0.2, 0.25) is 0 Å². The Labute approximate surface area is 125 Å². The third kappa shape index (κ3) is 3.02. The lowest BCUT2D eigenvalue weighted by Crippen LogP contribution is -2.32. The average Bonchev–Trinajstić information content (AvgIpc) is 2.98. The normalized spacial score (nSPS) is 24.2. The van der Waals surface area contributed by atoms with Crippen LogP contribution in [-0.2, 0) is 4.74 Å². The highest BCUT2D eigenvalue weighted by molar-refractivity contribution is 9.10. The van der Waals surface area contributed by atoms with Crippen LogP contribution in [0.15, 0.2) is 22.7 Å². The van der Waals surface area contributed by atoms with Crippen LogP contribution in [0, 0.1) is 0 Å². The topological polar surface area (TPSA) is 75.6 Å². The molecular formula is C14H16BrNO4. The van der Waals surface area contributed by atoms with Crippen molar-refractivity contribution in [3.8, 4) is 0 Å². The van der Waals surface area contributed by atoms with Crippen LogP contribution in [-0.4, -0.2) is 35.2 Å². The van der Waals surface area contributed by atoms with Crippen molar-refractivity contribution in [1.29, 1.82) is 0 Å². The van der Waals surface area contributed by atoms with E-state index in [0.29, 0.717) is 16.6 Å². The first-order valence-electron chi connectivity index (χ1n) is 6.35. The minimum atomic E-state index is -1.03. The zero-order valence-corrected chi connectivity index (χ0v) is 12.9. The minimum Gasteiger partial charge on any atom is -0.478 e. The molecule has 1 amide bonds. The van der Waals surface area contributed by atoms with Crippen LogP contribution in [0.1, 0.15) is 41.0 Å². The number of hydrogen-bond donors (Lipinski definition) is 2. The molecule has 0 heterocycles. The molecule has 1 saturated carbocycles. The van der Waals surface area contributed by atoms with Crippen molar-refractivity contribution in [3.63, 3.8) is 0 Å². The molecular weight excluding hydrogens is 326 g/mol. The second kappa shape index (κ2) is 5.54. The van der Waals surface area contributed by atoms with Gasteiger partial charge in [-0.1, -0.05) is 0 Å². The van der Waals surface area contributed by atoms with Crippen molar-refractivity contribution in [2.24, 2.45) is 0 Å². The van der Waals surface area contributed by atoms with Gasteiger partial charge in [-0.15, -0.1) is 0 Å². The molecule has 1 aromatic carbocycles. The molecule has 20 heavy (non-hydrogen) atoms. The van der Waals surface area contributed by atoms with E-state index in [2.05, 4.69) is 21.2 Å². The first-order chi connectivity index (χ1) is 9.37.